The van der Waals surface area contributed by atoms with Gasteiger partial charge in [-0.05, 0) is 12.8 Å². The monoisotopic (exact) mass is 361 g/mol. The Morgan fingerprint density at radius 1 is 1.08 bits per heavy atom. The largest absolute Gasteiger partial charge is 0.484 e. The molecule has 3 rings (SSSR count). The van der Waals surface area contributed by atoms with E-state index in [1.165, 1.54) is 0 Å². The molecule has 0 aromatic heterocycles. The maximum absolute atomic E-state index is 14.2. The van der Waals surface area contributed by atoms with Gasteiger partial charge in [0.2, 0.25) is 0 Å². The summed E-state index contributed by atoms with van der Waals surface area (Å²) in [5.41, 5.74) is -0.0234. The minimum Gasteiger partial charge on any atom is -0.484 e. The van der Waals surface area contributed by atoms with Crippen molar-refractivity contribution in [3.63, 3.8) is 0 Å². The lowest BCUT2D eigenvalue weighted by molar-refractivity contribution is -0.132. The van der Waals surface area contributed by atoms with E-state index >= 15 is 0 Å². The van der Waals surface area contributed by atoms with Crippen LogP contribution in [0.15, 0.2) is 12.1 Å². The number of benzene rings is 1. The highest BCUT2D eigenvalue weighted by atomic mass is 35.5. The van der Waals surface area contributed by atoms with Gasteiger partial charge in [-0.1, -0.05) is 0 Å². The Hall–Kier alpha value is -1.60. The Kier molecular flexibility index (Phi) is 6.62. The van der Waals surface area contributed by atoms with Gasteiger partial charge >= 0.3 is 0 Å². The molecule has 0 spiro atoms. The number of carbonyl (C=O) groups is 1. The summed E-state index contributed by atoms with van der Waals surface area (Å²) in [6.07, 6.45) is 1.99. The van der Waals surface area contributed by atoms with E-state index in [0.717, 1.165) is 38.1 Å². The van der Waals surface area contributed by atoms with Crippen molar-refractivity contribution in [3.8, 4) is 5.75 Å². The first-order valence-electron chi connectivity index (χ1n) is 8.00. The third-order valence-electron chi connectivity index (χ3n) is 4.24. The SMILES string of the molecule is Cl.O=C(COc1cc(F)c(N2CCNCC2)c(F)c1)N1CCCC1. The van der Waals surface area contributed by atoms with Gasteiger partial charge in [0, 0.05) is 51.4 Å². The average Bonchev–Trinajstić information content (AvgIpc) is 3.07. The molecule has 0 bridgehead atoms. The topological polar surface area (TPSA) is 44.8 Å². The first-order valence-corrected chi connectivity index (χ1v) is 8.00. The van der Waals surface area contributed by atoms with E-state index in [4.69, 9.17) is 4.74 Å². The van der Waals surface area contributed by atoms with E-state index in [-0.39, 0.29) is 36.4 Å². The normalized spacial score (nSPS) is 17.6. The fourth-order valence-corrected chi connectivity index (χ4v) is 3.02. The summed E-state index contributed by atoms with van der Waals surface area (Å²) in [5.74, 6) is -1.41. The van der Waals surface area contributed by atoms with Crippen LogP contribution in [-0.2, 0) is 4.79 Å². The number of amides is 1. The fraction of sp³-hybridized carbons (Fsp3) is 0.562. The van der Waals surface area contributed by atoms with Crippen LogP contribution in [0.5, 0.6) is 5.75 Å². The van der Waals surface area contributed by atoms with Gasteiger partial charge in [-0.2, -0.15) is 0 Å². The molecule has 8 heteroatoms. The molecule has 24 heavy (non-hydrogen) atoms. The highest BCUT2D eigenvalue weighted by Gasteiger charge is 2.22. The lowest BCUT2D eigenvalue weighted by Crippen LogP contribution is -2.44. The van der Waals surface area contributed by atoms with Crippen LogP contribution in [0, 0.1) is 11.6 Å². The summed E-state index contributed by atoms with van der Waals surface area (Å²) in [6, 6.07) is 2.30. The molecule has 0 saturated carbocycles. The summed E-state index contributed by atoms with van der Waals surface area (Å²) in [5, 5.41) is 3.14. The maximum atomic E-state index is 14.2. The Morgan fingerprint density at radius 3 is 2.25 bits per heavy atom. The zero-order valence-corrected chi connectivity index (χ0v) is 14.2. The number of hydrogen-bond acceptors (Lipinski definition) is 4. The highest BCUT2D eigenvalue weighted by molar-refractivity contribution is 5.85. The van der Waals surface area contributed by atoms with Crippen molar-refractivity contribution in [1.82, 2.24) is 10.2 Å². The van der Waals surface area contributed by atoms with Gasteiger partial charge in [0.25, 0.3) is 5.91 Å². The molecule has 0 unspecified atom stereocenters. The molecule has 0 radical (unpaired) electrons. The maximum Gasteiger partial charge on any atom is 0.260 e. The Morgan fingerprint density at radius 2 is 1.67 bits per heavy atom. The predicted molar refractivity (Wildman–Crippen MR) is 90.0 cm³/mol. The number of carbonyl (C=O) groups excluding carboxylic acids is 1. The molecule has 1 aromatic carbocycles. The molecular weight excluding hydrogens is 340 g/mol. The molecule has 2 heterocycles. The lowest BCUT2D eigenvalue weighted by Gasteiger charge is -2.30. The molecule has 1 amide bonds. The van der Waals surface area contributed by atoms with Gasteiger partial charge in [0.1, 0.15) is 11.4 Å². The van der Waals surface area contributed by atoms with Gasteiger partial charge in [0.05, 0.1) is 0 Å². The summed E-state index contributed by atoms with van der Waals surface area (Å²) in [6.45, 7) is 3.78. The van der Waals surface area contributed by atoms with E-state index in [0.29, 0.717) is 26.2 Å². The fourth-order valence-electron chi connectivity index (χ4n) is 3.02. The van der Waals surface area contributed by atoms with E-state index in [2.05, 4.69) is 5.32 Å². The van der Waals surface area contributed by atoms with E-state index in [1.54, 1.807) is 9.80 Å². The molecule has 2 aliphatic heterocycles. The van der Waals surface area contributed by atoms with Crippen LogP contribution in [0.4, 0.5) is 14.5 Å². The summed E-state index contributed by atoms with van der Waals surface area (Å²) in [4.78, 5) is 15.3. The van der Waals surface area contributed by atoms with Crippen LogP contribution in [0.25, 0.3) is 0 Å². The van der Waals surface area contributed by atoms with Crippen LogP contribution in [0.2, 0.25) is 0 Å². The predicted octanol–water partition coefficient (Wildman–Crippen LogP) is 1.80. The zero-order valence-electron chi connectivity index (χ0n) is 13.4. The number of rotatable bonds is 4. The Labute approximate surface area is 146 Å². The summed E-state index contributed by atoms with van der Waals surface area (Å²) >= 11 is 0. The second kappa shape index (κ2) is 8.48. The quantitative estimate of drug-likeness (QED) is 0.888. The first kappa shape index (κ1) is 18.7. The molecule has 1 N–H and O–H groups in total. The van der Waals surface area contributed by atoms with Crippen molar-refractivity contribution in [1.29, 1.82) is 0 Å². The summed E-state index contributed by atoms with van der Waals surface area (Å²) < 4.78 is 33.8. The van der Waals surface area contributed by atoms with Gasteiger partial charge in [-0.15, -0.1) is 12.4 Å². The summed E-state index contributed by atoms with van der Waals surface area (Å²) in [7, 11) is 0. The number of hydrogen-bond donors (Lipinski definition) is 1. The van der Waals surface area contributed by atoms with Gasteiger partial charge in [0.15, 0.2) is 18.2 Å². The molecule has 5 nitrogen and oxygen atoms in total. The number of ether oxygens (including phenoxy) is 1. The van der Waals surface area contributed by atoms with Crippen molar-refractivity contribution in [2.75, 3.05) is 50.8 Å². The number of halogens is 3. The molecule has 134 valence electrons. The van der Waals surface area contributed by atoms with E-state index < -0.39 is 11.6 Å². The van der Waals surface area contributed by atoms with Crippen molar-refractivity contribution in [2.45, 2.75) is 12.8 Å². The molecule has 0 aliphatic carbocycles. The van der Waals surface area contributed by atoms with Gasteiger partial charge in [-0.25, -0.2) is 8.78 Å². The number of anilines is 1. The van der Waals surface area contributed by atoms with E-state index in [9.17, 15) is 13.6 Å². The van der Waals surface area contributed by atoms with Crippen molar-refractivity contribution in [2.24, 2.45) is 0 Å². The molecule has 2 saturated heterocycles. The second-order valence-corrected chi connectivity index (χ2v) is 5.85. The van der Waals surface area contributed by atoms with Gasteiger partial charge in [-0.3, -0.25) is 4.79 Å². The number of nitrogens with one attached hydrogen (secondary N) is 1. The lowest BCUT2D eigenvalue weighted by atomic mass is 10.2. The Balaban J connectivity index is 0.00000208. The number of likely N-dealkylation sites (tertiary alicyclic amines) is 1. The second-order valence-electron chi connectivity index (χ2n) is 5.85. The molecule has 2 fully saturated rings. The smallest absolute Gasteiger partial charge is 0.260 e. The number of nitrogens with zero attached hydrogens (tertiary/aromatic N) is 2. The highest BCUT2D eigenvalue weighted by Crippen LogP contribution is 2.28. The minimum absolute atomic E-state index is 0. The molecule has 2 aliphatic rings. The third-order valence-corrected chi connectivity index (χ3v) is 4.24. The standard InChI is InChI=1S/C16H21F2N3O2.ClH/c17-13-9-12(23-11-15(22)20-5-1-2-6-20)10-14(18)16(13)21-7-3-19-4-8-21;/h9-10,19H,1-8,11H2;1H. The first-order chi connectivity index (χ1) is 11.1. The Bertz CT molecular complexity index is 553. The molecule has 1 aromatic rings. The van der Waals surface area contributed by atoms with Crippen molar-refractivity contribution < 1.29 is 18.3 Å². The average molecular weight is 362 g/mol. The van der Waals surface area contributed by atoms with Crippen LogP contribution < -0.4 is 15.0 Å². The van der Waals surface area contributed by atoms with Crippen molar-refractivity contribution >= 4 is 24.0 Å². The van der Waals surface area contributed by atoms with Gasteiger partial charge < -0.3 is 19.9 Å². The molecular formula is C16H22ClF2N3O2. The van der Waals surface area contributed by atoms with Crippen LogP contribution in [0.1, 0.15) is 12.8 Å². The minimum atomic E-state index is -0.657. The van der Waals surface area contributed by atoms with Crippen LogP contribution >= 0.6 is 12.4 Å². The van der Waals surface area contributed by atoms with Crippen LogP contribution in [-0.4, -0.2) is 56.7 Å². The zero-order chi connectivity index (χ0) is 16.2. The third kappa shape index (κ3) is 4.27. The number of piperazine rings is 1. The molecule has 0 atom stereocenters. The van der Waals surface area contributed by atoms with Crippen LogP contribution in [0.3, 0.4) is 0 Å². The van der Waals surface area contributed by atoms with E-state index in [1.807, 2.05) is 0 Å². The van der Waals surface area contributed by atoms with Crippen molar-refractivity contribution in [3.05, 3.63) is 23.8 Å².